The average molecular weight is 406 g/mol. The van der Waals surface area contributed by atoms with Crippen LogP contribution in [-0.2, 0) is 11.3 Å². The van der Waals surface area contributed by atoms with Gasteiger partial charge in [-0.25, -0.2) is 0 Å². The number of carbonyl (C=O) groups is 2. The zero-order chi connectivity index (χ0) is 19.2. The van der Waals surface area contributed by atoms with E-state index in [1.165, 1.54) is 31.1 Å². The molecule has 1 aromatic heterocycles. The Labute approximate surface area is 168 Å². The lowest BCUT2D eigenvalue weighted by Crippen LogP contribution is -2.36. The van der Waals surface area contributed by atoms with Crippen molar-refractivity contribution in [3.05, 3.63) is 56.7 Å². The van der Waals surface area contributed by atoms with E-state index in [4.69, 9.17) is 11.6 Å². The molecule has 0 saturated carbocycles. The fraction of sp³-hybridized carbons (Fsp3) is 0.400. The minimum absolute atomic E-state index is 0.0793. The van der Waals surface area contributed by atoms with E-state index in [0.717, 1.165) is 23.5 Å². The van der Waals surface area contributed by atoms with Crippen molar-refractivity contribution in [2.45, 2.75) is 32.4 Å². The Morgan fingerprint density at radius 1 is 1.19 bits per heavy atom. The van der Waals surface area contributed by atoms with Crippen LogP contribution >= 0.6 is 22.9 Å². The molecule has 1 aromatic carbocycles. The number of benzene rings is 1. The molecule has 27 heavy (non-hydrogen) atoms. The van der Waals surface area contributed by atoms with Crippen LogP contribution in [0.2, 0.25) is 5.02 Å². The second-order valence-corrected chi connectivity index (χ2v) is 8.30. The van der Waals surface area contributed by atoms with Gasteiger partial charge >= 0.3 is 0 Å². The quantitative estimate of drug-likeness (QED) is 0.739. The van der Waals surface area contributed by atoms with E-state index in [1.54, 1.807) is 6.07 Å². The monoisotopic (exact) mass is 405 g/mol. The summed E-state index contributed by atoms with van der Waals surface area (Å²) < 4.78 is 0. The molecule has 1 aliphatic heterocycles. The van der Waals surface area contributed by atoms with Gasteiger partial charge in [0.15, 0.2) is 0 Å². The van der Waals surface area contributed by atoms with Gasteiger partial charge in [0.25, 0.3) is 5.91 Å². The standard InChI is InChI=1S/C20H24ClN3O2S/c1-14(25)22-12-17-7-8-19(27-17)20(26)23-13-18(24-9-2-3-10-24)15-5-4-6-16(21)11-15/h4-8,11,18H,2-3,9-10,12-13H2,1H3,(H,22,25)(H,23,26). The Balaban J connectivity index is 1.64. The lowest BCUT2D eigenvalue weighted by Gasteiger charge is -2.28. The number of rotatable bonds is 7. The van der Waals surface area contributed by atoms with Crippen molar-refractivity contribution in [3.63, 3.8) is 0 Å². The van der Waals surface area contributed by atoms with Crippen molar-refractivity contribution >= 4 is 34.8 Å². The van der Waals surface area contributed by atoms with Gasteiger partial charge in [0.1, 0.15) is 0 Å². The van der Waals surface area contributed by atoms with Crippen LogP contribution in [0.5, 0.6) is 0 Å². The lowest BCUT2D eigenvalue weighted by molar-refractivity contribution is -0.119. The first-order valence-electron chi connectivity index (χ1n) is 9.14. The molecular weight excluding hydrogens is 382 g/mol. The molecule has 1 aliphatic rings. The van der Waals surface area contributed by atoms with Gasteiger partial charge < -0.3 is 10.6 Å². The number of halogens is 1. The zero-order valence-electron chi connectivity index (χ0n) is 15.3. The highest BCUT2D eigenvalue weighted by Crippen LogP contribution is 2.26. The fourth-order valence-corrected chi connectivity index (χ4v) is 4.37. The molecular formula is C20H24ClN3O2S. The summed E-state index contributed by atoms with van der Waals surface area (Å²) in [5, 5.41) is 6.53. The van der Waals surface area contributed by atoms with E-state index in [1.807, 2.05) is 24.3 Å². The first-order valence-corrected chi connectivity index (χ1v) is 10.3. The SMILES string of the molecule is CC(=O)NCc1ccc(C(=O)NCC(c2cccc(Cl)c2)N2CCCC2)s1. The van der Waals surface area contributed by atoms with Gasteiger partial charge in [0.05, 0.1) is 17.5 Å². The molecule has 7 heteroatoms. The minimum Gasteiger partial charge on any atom is -0.351 e. The number of nitrogens with zero attached hydrogens (tertiary/aromatic N) is 1. The van der Waals surface area contributed by atoms with E-state index in [9.17, 15) is 9.59 Å². The first kappa shape index (κ1) is 19.9. The summed E-state index contributed by atoms with van der Waals surface area (Å²) in [6.07, 6.45) is 2.37. The van der Waals surface area contributed by atoms with Gasteiger partial charge in [-0.05, 0) is 55.8 Å². The molecule has 1 unspecified atom stereocenters. The number of amides is 2. The van der Waals surface area contributed by atoms with Crippen molar-refractivity contribution in [1.82, 2.24) is 15.5 Å². The van der Waals surface area contributed by atoms with E-state index in [2.05, 4.69) is 21.6 Å². The smallest absolute Gasteiger partial charge is 0.261 e. The highest BCUT2D eigenvalue weighted by Gasteiger charge is 2.24. The highest BCUT2D eigenvalue weighted by molar-refractivity contribution is 7.14. The van der Waals surface area contributed by atoms with Crippen LogP contribution in [0.1, 0.15) is 45.9 Å². The third kappa shape index (κ3) is 5.54. The predicted octanol–water partition coefficient (Wildman–Crippen LogP) is 3.60. The molecule has 2 amide bonds. The summed E-state index contributed by atoms with van der Waals surface area (Å²) in [6, 6.07) is 11.7. The van der Waals surface area contributed by atoms with Gasteiger partial charge in [-0.15, -0.1) is 11.3 Å². The molecule has 1 saturated heterocycles. The molecule has 2 heterocycles. The molecule has 5 nitrogen and oxygen atoms in total. The molecule has 2 N–H and O–H groups in total. The van der Waals surface area contributed by atoms with Crippen LogP contribution in [0.25, 0.3) is 0 Å². The maximum Gasteiger partial charge on any atom is 0.261 e. The molecule has 0 radical (unpaired) electrons. The summed E-state index contributed by atoms with van der Waals surface area (Å²) in [5.41, 5.74) is 1.13. The van der Waals surface area contributed by atoms with Crippen molar-refractivity contribution in [2.24, 2.45) is 0 Å². The summed E-state index contributed by atoms with van der Waals surface area (Å²) in [5.74, 6) is -0.162. The van der Waals surface area contributed by atoms with Crippen molar-refractivity contribution in [1.29, 1.82) is 0 Å². The lowest BCUT2D eigenvalue weighted by atomic mass is 10.1. The third-order valence-corrected chi connectivity index (χ3v) is 5.99. The second kappa shape index (κ2) is 9.35. The van der Waals surface area contributed by atoms with Gasteiger partial charge in [-0.3, -0.25) is 14.5 Å². The predicted molar refractivity (Wildman–Crippen MR) is 109 cm³/mol. The van der Waals surface area contributed by atoms with Crippen molar-refractivity contribution < 1.29 is 9.59 Å². The largest absolute Gasteiger partial charge is 0.351 e. The van der Waals surface area contributed by atoms with Crippen LogP contribution in [0.3, 0.4) is 0 Å². The summed E-state index contributed by atoms with van der Waals surface area (Å²) >= 11 is 7.58. The fourth-order valence-electron chi connectivity index (χ4n) is 3.31. The Hall–Kier alpha value is -1.89. The van der Waals surface area contributed by atoms with Gasteiger partial charge in [0, 0.05) is 23.4 Å². The normalized spacial score (nSPS) is 15.5. The number of hydrogen-bond acceptors (Lipinski definition) is 4. The van der Waals surface area contributed by atoms with E-state index < -0.39 is 0 Å². The number of likely N-dealkylation sites (tertiary alicyclic amines) is 1. The number of hydrogen-bond donors (Lipinski definition) is 2. The summed E-state index contributed by atoms with van der Waals surface area (Å²) in [4.78, 5) is 27.6. The topological polar surface area (TPSA) is 61.4 Å². The molecule has 1 fully saturated rings. The Morgan fingerprint density at radius 2 is 1.96 bits per heavy atom. The second-order valence-electron chi connectivity index (χ2n) is 6.70. The van der Waals surface area contributed by atoms with Crippen LogP contribution in [0.15, 0.2) is 36.4 Å². The van der Waals surface area contributed by atoms with Crippen LogP contribution < -0.4 is 10.6 Å². The molecule has 3 rings (SSSR count). The van der Waals surface area contributed by atoms with Gasteiger partial charge in [-0.2, -0.15) is 0 Å². The molecule has 1 atom stereocenters. The van der Waals surface area contributed by atoms with Crippen LogP contribution in [-0.4, -0.2) is 36.3 Å². The number of thiophene rings is 1. The van der Waals surface area contributed by atoms with E-state index in [0.29, 0.717) is 23.0 Å². The zero-order valence-corrected chi connectivity index (χ0v) is 16.9. The highest BCUT2D eigenvalue weighted by atomic mass is 35.5. The van der Waals surface area contributed by atoms with E-state index in [-0.39, 0.29) is 17.9 Å². The van der Waals surface area contributed by atoms with Crippen LogP contribution in [0, 0.1) is 0 Å². The maximum atomic E-state index is 12.6. The van der Waals surface area contributed by atoms with Gasteiger partial charge in [0.2, 0.25) is 5.91 Å². The third-order valence-electron chi connectivity index (χ3n) is 4.67. The maximum absolute atomic E-state index is 12.6. The Kier molecular flexibility index (Phi) is 6.88. The van der Waals surface area contributed by atoms with Gasteiger partial charge in [-0.1, -0.05) is 23.7 Å². The molecule has 144 valence electrons. The van der Waals surface area contributed by atoms with Crippen LogP contribution in [0.4, 0.5) is 0 Å². The Morgan fingerprint density at radius 3 is 2.67 bits per heavy atom. The molecule has 0 aliphatic carbocycles. The van der Waals surface area contributed by atoms with Crippen molar-refractivity contribution in [2.75, 3.05) is 19.6 Å². The molecule has 0 spiro atoms. The molecule has 2 aromatic rings. The number of nitrogens with one attached hydrogen (secondary N) is 2. The minimum atomic E-state index is -0.0831. The van der Waals surface area contributed by atoms with Crippen molar-refractivity contribution in [3.8, 4) is 0 Å². The average Bonchev–Trinajstić information content (AvgIpc) is 3.32. The molecule has 0 bridgehead atoms. The van der Waals surface area contributed by atoms with E-state index >= 15 is 0 Å². The Bertz CT molecular complexity index is 802. The summed E-state index contributed by atoms with van der Waals surface area (Å²) in [6.45, 7) is 4.54. The number of carbonyl (C=O) groups excluding carboxylic acids is 2. The first-order chi connectivity index (χ1) is 13.0. The summed E-state index contributed by atoms with van der Waals surface area (Å²) in [7, 11) is 0.